The predicted octanol–water partition coefficient (Wildman–Crippen LogP) is 5.68. The fourth-order valence-electron chi connectivity index (χ4n) is 3.29. The van der Waals surface area contributed by atoms with Crippen LogP contribution in [0.5, 0.6) is 17.2 Å². The molecule has 0 saturated carbocycles. The van der Waals surface area contributed by atoms with Gasteiger partial charge in [-0.1, -0.05) is 48.5 Å². The number of aromatic nitrogens is 1. The van der Waals surface area contributed by atoms with E-state index in [1.54, 1.807) is 30.3 Å². The number of para-hydroxylation sites is 1. The third-order valence-corrected chi connectivity index (χ3v) is 4.82. The number of aromatic hydroxyl groups is 1. The summed E-state index contributed by atoms with van der Waals surface area (Å²) in [6, 6.07) is 26.0. The molecule has 0 aliphatic rings. The maximum absolute atomic E-state index is 10.5. The molecule has 1 aromatic heterocycles. The lowest BCUT2D eigenvalue weighted by atomic mass is 9.97. The molecule has 146 valence electrons. The summed E-state index contributed by atoms with van der Waals surface area (Å²) in [5.74, 6) is 1.06. The molecule has 4 aromatic rings. The van der Waals surface area contributed by atoms with Gasteiger partial charge >= 0.3 is 0 Å². The average molecular weight is 393 g/mol. The SMILES string of the molecule is Cc1ccccc1-c1cc(-c2ccc(Oc3ccccc3)c(O)c2)c(C#N)c(N)n1. The fourth-order valence-corrected chi connectivity index (χ4v) is 3.29. The summed E-state index contributed by atoms with van der Waals surface area (Å²) >= 11 is 0. The highest BCUT2D eigenvalue weighted by molar-refractivity contribution is 5.81. The number of nitriles is 1. The van der Waals surface area contributed by atoms with Gasteiger partial charge in [-0.3, -0.25) is 0 Å². The summed E-state index contributed by atoms with van der Waals surface area (Å²) < 4.78 is 5.74. The first-order chi connectivity index (χ1) is 14.6. The van der Waals surface area contributed by atoms with Crippen LogP contribution < -0.4 is 10.5 Å². The van der Waals surface area contributed by atoms with Crippen molar-refractivity contribution in [3.05, 3.63) is 90.0 Å². The number of pyridine rings is 1. The highest BCUT2D eigenvalue weighted by Crippen LogP contribution is 2.38. The Hall–Kier alpha value is -4.30. The Morgan fingerprint density at radius 3 is 2.37 bits per heavy atom. The van der Waals surface area contributed by atoms with Crippen LogP contribution >= 0.6 is 0 Å². The van der Waals surface area contributed by atoms with Gasteiger partial charge in [0.05, 0.1) is 5.69 Å². The highest BCUT2D eigenvalue weighted by atomic mass is 16.5. The predicted molar refractivity (Wildman–Crippen MR) is 117 cm³/mol. The molecule has 0 bridgehead atoms. The first-order valence-corrected chi connectivity index (χ1v) is 9.39. The van der Waals surface area contributed by atoms with Crippen molar-refractivity contribution in [2.45, 2.75) is 6.92 Å². The molecule has 5 nitrogen and oxygen atoms in total. The Labute approximate surface area is 174 Å². The number of hydrogen-bond donors (Lipinski definition) is 2. The van der Waals surface area contributed by atoms with Crippen molar-refractivity contribution in [3.63, 3.8) is 0 Å². The van der Waals surface area contributed by atoms with Gasteiger partial charge in [0, 0.05) is 11.1 Å². The molecule has 0 aliphatic heterocycles. The number of phenols is 1. The molecule has 0 fully saturated rings. The second-order valence-corrected chi connectivity index (χ2v) is 6.84. The van der Waals surface area contributed by atoms with Crippen molar-refractivity contribution in [1.82, 2.24) is 4.98 Å². The fraction of sp³-hybridized carbons (Fsp3) is 0.0400. The molecule has 30 heavy (non-hydrogen) atoms. The summed E-state index contributed by atoms with van der Waals surface area (Å²) in [6.45, 7) is 1.99. The molecule has 0 atom stereocenters. The van der Waals surface area contributed by atoms with Gasteiger partial charge < -0.3 is 15.6 Å². The van der Waals surface area contributed by atoms with Gasteiger partial charge in [0.15, 0.2) is 11.5 Å². The molecule has 0 unspecified atom stereocenters. The third kappa shape index (κ3) is 3.67. The lowest BCUT2D eigenvalue weighted by Crippen LogP contribution is -2.00. The average Bonchev–Trinajstić information content (AvgIpc) is 2.75. The van der Waals surface area contributed by atoms with Crippen LogP contribution in [0, 0.1) is 18.3 Å². The van der Waals surface area contributed by atoms with Crippen molar-refractivity contribution < 1.29 is 9.84 Å². The van der Waals surface area contributed by atoms with E-state index in [-0.39, 0.29) is 17.1 Å². The second kappa shape index (κ2) is 7.98. The molecule has 0 radical (unpaired) electrons. The minimum atomic E-state index is -0.0342. The zero-order chi connectivity index (χ0) is 21.1. The summed E-state index contributed by atoms with van der Waals surface area (Å²) in [6.07, 6.45) is 0. The van der Waals surface area contributed by atoms with Crippen molar-refractivity contribution in [2.75, 3.05) is 5.73 Å². The molecule has 0 saturated heterocycles. The largest absolute Gasteiger partial charge is 0.504 e. The summed E-state index contributed by atoms with van der Waals surface area (Å²) in [4.78, 5) is 4.43. The van der Waals surface area contributed by atoms with Gasteiger partial charge in [-0.25, -0.2) is 4.98 Å². The van der Waals surface area contributed by atoms with Crippen molar-refractivity contribution in [2.24, 2.45) is 0 Å². The number of anilines is 1. The van der Waals surface area contributed by atoms with E-state index in [1.807, 2.05) is 55.5 Å². The number of rotatable bonds is 4. The third-order valence-electron chi connectivity index (χ3n) is 4.82. The summed E-state index contributed by atoms with van der Waals surface area (Å²) in [5.41, 5.74) is 10.3. The lowest BCUT2D eigenvalue weighted by molar-refractivity contribution is 0.411. The zero-order valence-electron chi connectivity index (χ0n) is 16.3. The molecule has 3 aromatic carbocycles. The van der Waals surface area contributed by atoms with E-state index in [2.05, 4.69) is 11.1 Å². The molecule has 5 heteroatoms. The van der Waals surface area contributed by atoms with E-state index >= 15 is 0 Å². The Kier molecular flexibility index (Phi) is 5.06. The van der Waals surface area contributed by atoms with Gasteiger partial charge in [-0.05, 0) is 48.4 Å². The maximum Gasteiger partial charge on any atom is 0.169 e. The standard InChI is InChI=1S/C25H19N3O2/c1-16-7-5-6-10-19(16)22-14-20(21(15-26)25(27)28-22)17-11-12-24(23(29)13-17)30-18-8-3-2-4-9-18/h2-14,29H,1H3,(H2,27,28). The van der Waals surface area contributed by atoms with E-state index in [1.165, 1.54) is 0 Å². The van der Waals surface area contributed by atoms with E-state index in [0.717, 1.165) is 11.1 Å². The summed E-state index contributed by atoms with van der Waals surface area (Å²) in [7, 11) is 0. The van der Waals surface area contributed by atoms with Gasteiger partial charge in [-0.15, -0.1) is 0 Å². The minimum absolute atomic E-state index is 0.0342. The van der Waals surface area contributed by atoms with Crippen LogP contribution in [-0.4, -0.2) is 10.1 Å². The van der Waals surface area contributed by atoms with E-state index in [9.17, 15) is 10.4 Å². The first-order valence-electron chi connectivity index (χ1n) is 9.39. The first kappa shape index (κ1) is 19.0. The number of nitrogen functional groups attached to an aromatic ring is 1. The van der Waals surface area contributed by atoms with Gasteiger partial charge in [0.1, 0.15) is 23.2 Å². The number of benzene rings is 3. The van der Waals surface area contributed by atoms with Crippen LogP contribution in [0.3, 0.4) is 0 Å². The number of ether oxygens (including phenoxy) is 1. The number of nitrogens with zero attached hydrogens (tertiary/aromatic N) is 2. The lowest BCUT2D eigenvalue weighted by Gasteiger charge is -2.13. The van der Waals surface area contributed by atoms with Crippen LogP contribution in [0.25, 0.3) is 22.4 Å². The smallest absolute Gasteiger partial charge is 0.169 e. The molecule has 0 aliphatic carbocycles. The van der Waals surface area contributed by atoms with Gasteiger partial charge in [0.2, 0.25) is 0 Å². The number of nitrogens with two attached hydrogens (primary N) is 1. The number of aryl methyl sites for hydroxylation is 1. The van der Waals surface area contributed by atoms with Crippen molar-refractivity contribution >= 4 is 5.82 Å². The van der Waals surface area contributed by atoms with Crippen LogP contribution in [0.1, 0.15) is 11.1 Å². The van der Waals surface area contributed by atoms with Gasteiger partial charge in [0.25, 0.3) is 0 Å². The van der Waals surface area contributed by atoms with Crippen LogP contribution in [0.2, 0.25) is 0 Å². The van der Waals surface area contributed by atoms with Crippen LogP contribution in [0.15, 0.2) is 78.9 Å². The highest BCUT2D eigenvalue weighted by Gasteiger charge is 2.16. The van der Waals surface area contributed by atoms with Crippen molar-refractivity contribution in [1.29, 1.82) is 5.26 Å². The molecular weight excluding hydrogens is 374 g/mol. The maximum atomic E-state index is 10.5. The molecular formula is C25H19N3O2. The van der Waals surface area contributed by atoms with E-state index in [4.69, 9.17) is 10.5 Å². The Morgan fingerprint density at radius 2 is 1.67 bits per heavy atom. The second-order valence-electron chi connectivity index (χ2n) is 6.84. The van der Waals surface area contributed by atoms with Crippen LogP contribution in [-0.2, 0) is 0 Å². The Bertz CT molecular complexity index is 1260. The number of hydrogen-bond acceptors (Lipinski definition) is 5. The molecule has 1 heterocycles. The molecule has 3 N–H and O–H groups in total. The normalized spacial score (nSPS) is 10.4. The Morgan fingerprint density at radius 1 is 0.933 bits per heavy atom. The summed E-state index contributed by atoms with van der Waals surface area (Å²) in [5, 5.41) is 20.2. The monoisotopic (exact) mass is 393 g/mol. The molecule has 0 spiro atoms. The van der Waals surface area contributed by atoms with Crippen LogP contribution in [0.4, 0.5) is 5.82 Å². The topological polar surface area (TPSA) is 92.2 Å². The van der Waals surface area contributed by atoms with E-state index < -0.39 is 0 Å². The number of phenolic OH excluding ortho intramolecular Hbond substituents is 1. The van der Waals surface area contributed by atoms with E-state index in [0.29, 0.717) is 28.3 Å². The molecule has 0 amide bonds. The van der Waals surface area contributed by atoms with Crippen molar-refractivity contribution in [3.8, 4) is 45.7 Å². The molecule has 4 rings (SSSR count). The Balaban J connectivity index is 1.79. The van der Waals surface area contributed by atoms with Gasteiger partial charge in [-0.2, -0.15) is 5.26 Å². The zero-order valence-corrected chi connectivity index (χ0v) is 16.3. The minimum Gasteiger partial charge on any atom is -0.504 e. The quantitative estimate of drug-likeness (QED) is 0.466.